The molecule has 30 heavy (non-hydrogen) atoms. The molecule has 3 aromatic rings. The summed E-state index contributed by atoms with van der Waals surface area (Å²) in [5, 5.41) is 2.73. The van der Waals surface area contributed by atoms with Crippen LogP contribution >= 0.6 is 11.3 Å². The van der Waals surface area contributed by atoms with Crippen LogP contribution in [0.2, 0.25) is 0 Å². The average Bonchev–Trinajstić information content (AvgIpc) is 3.42. The van der Waals surface area contributed by atoms with Crippen molar-refractivity contribution in [2.75, 3.05) is 13.4 Å². The van der Waals surface area contributed by atoms with Crippen molar-refractivity contribution in [3.05, 3.63) is 64.5 Å². The first-order valence-electron chi connectivity index (χ1n) is 9.34. The van der Waals surface area contributed by atoms with Gasteiger partial charge >= 0.3 is 5.97 Å². The number of fused-ring (bicyclic) bond motifs is 4. The molecule has 7 nitrogen and oxygen atoms in total. The van der Waals surface area contributed by atoms with E-state index in [0.717, 1.165) is 27.3 Å². The summed E-state index contributed by atoms with van der Waals surface area (Å²) in [6, 6.07) is 14.9. The lowest BCUT2D eigenvalue weighted by atomic mass is 10.1. The molecule has 8 heteroatoms. The third kappa shape index (κ3) is 3.57. The zero-order valence-electron chi connectivity index (χ0n) is 15.8. The normalized spacial score (nSPS) is 13.1. The Morgan fingerprint density at radius 3 is 2.80 bits per heavy atom. The van der Waals surface area contributed by atoms with Crippen LogP contribution in [-0.4, -0.2) is 25.3 Å². The van der Waals surface area contributed by atoms with Crippen molar-refractivity contribution in [2.45, 2.75) is 13.2 Å². The average molecular weight is 423 g/mol. The van der Waals surface area contributed by atoms with E-state index in [-0.39, 0.29) is 19.3 Å². The van der Waals surface area contributed by atoms with Crippen molar-refractivity contribution in [1.82, 2.24) is 5.32 Å². The summed E-state index contributed by atoms with van der Waals surface area (Å²) in [7, 11) is 0. The van der Waals surface area contributed by atoms with Crippen LogP contribution in [0.4, 0.5) is 0 Å². The maximum Gasteiger partial charge on any atom is 0.348 e. The van der Waals surface area contributed by atoms with Gasteiger partial charge in [0, 0.05) is 22.5 Å². The smallest absolute Gasteiger partial charge is 0.348 e. The van der Waals surface area contributed by atoms with Gasteiger partial charge in [-0.15, -0.1) is 11.3 Å². The Hall–Kier alpha value is -3.52. The summed E-state index contributed by atoms with van der Waals surface area (Å²) in [5.41, 5.74) is 2.77. The third-order valence-electron chi connectivity index (χ3n) is 4.79. The Labute approximate surface area is 176 Å². The second-order valence-electron chi connectivity index (χ2n) is 6.79. The van der Waals surface area contributed by atoms with E-state index in [9.17, 15) is 9.59 Å². The minimum atomic E-state index is -0.523. The van der Waals surface area contributed by atoms with Gasteiger partial charge in [-0.1, -0.05) is 18.2 Å². The molecule has 0 radical (unpaired) electrons. The van der Waals surface area contributed by atoms with E-state index in [1.54, 1.807) is 12.1 Å². The molecule has 3 heterocycles. The molecular weight excluding hydrogens is 406 g/mol. The van der Waals surface area contributed by atoms with Gasteiger partial charge in [-0.05, 0) is 35.9 Å². The van der Waals surface area contributed by atoms with Crippen LogP contribution in [0.25, 0.3) is 10.4 Å². The van der Waals surface area contributed by atoms with Gasteiger partial charge in [0.05, 0.1) is 0 Å². The van der Waals surface area contributed by atoms with E-state index in [2.05, 4.69) is 5.32 Å². The number of esters is 1. The number of benzene rings is 2. The van der Waals surface area contributed by atoms with Gasteiger partial charge in [0.2, 0.25) is 6.79 Å². The van der Waals surface area contributed by atoms with Gasteiger partial charge in [0.1, 0.15) is 17.2 Å². The predicted octanol–water partition coefficient (Wildman–Crippen LogP) is 3.51. The van der Waals surface area contributed by atoms with E-state index in [1.807, 2.05) is 36.4 Å². The maximum absolute atomic E-state index is 12.4. The molecule has 0 spiro atoms. The van der Waals surface area contributed by atoms with Crippen LogP contribution in [-0.2, 0) is 22.7 Å². The molecular formula is C22H17NO6S. The number of thiophene rings is 1. The molecule has 0 saturated heterocycles. The first-order chi connectivity index (χ1) is 14.7. The highest BCUT2D eigenvalue weighted by atomic mass is 32.1. The van der Waals surface area contributed by atoms with Crippen molar-refractivity contribution in [1.29, 1.82) is 0 Å². The van der Waals surface area contributed by atoms with Gasteiger partial charge in [0.25, 0.3) is 5.91 Å². The molecule has 5 rings (SSSR count). The molecule has 0 atom stereocenters. The lowest BCUT2D eigenvalue weighted by Crippen LogP contribution is -2.28. The largest absolute Gasteiger partial charge is 0.488 e. The standard InChI is InChI=1S/C22H17NO6S/c24-20(23-9-13-5-6-17-18(7-13)29-12-28-17)11-27-22(25)19-8-14-10-26-16-4-2-1-3-15(16)21(14)30-19/h1-8H,9-12H2,(H,23,24). The molecule has 0 fully saturated rings. The molecule has 2 aliphatic heterocycles. The molecule has 0 unspecified atom stereocenters. The van der Waals surface area contributed by atoms with E-state index in [1.165, 1.54) is 11.3 Å². The SMILES string of the molecule is O=C(COC(=O)c1cc2c(s1)-c1ccccc1OC2)NCc1ccc2c(c1)OCO2. The van der Waals surface area contributed by atoms with Crippen molar-refractivity contribution in [3.63, 3.8) is 0 Å². The fourth-order valence-corrected chi connectivity index (χ4v) is 4.40. The maximum atomic E-state index is 12.4. The van der Waals surface area contributed by atoms with Gasteiger partial charge in [-0.2, -0.15) is 0 Å². The fourth-order valence-electron chi connectivity index (χ4n) is 3.30. The number of hydrogen-bond acceptors (Lipinski definition) is 7. The molecule has 2 aliphatic rings. The van der Waals surface area contributed by atoms with E-state index in [4.69, 9.17) is 18.9 Å². The second kappa shape index (κ2) is 7.72. The minimum Gasteiger partial charge on any atom is -0.488 e. The lowest BCUT2D eigenvalue weighted by Gasteiger charge is -2.16. The topological polar surface area (TPSA) is 83.1 Å². The molecule has 0 aliphatic carbocycles. The zero-order valence-corrected chi connectivity index (χ0v) is 16.6. The van der Waals surface area contributed by atoms with Gasteiger partial charge in [-0.3, -0.25) is 4.79 Å². The van der Waals surface area contributed by atoms with E-state index in [0.29, 0.717) is 29.5 Å². The van der Waals surface area contributed by atoms with Crippen LogP contribution in [0.1, 0.15) is 20.8 Å². The van der Waals surface area contributed by atoms with Crippen LogP contribution in [0.5, 0.6) is 17.2 Å². The highest BCUT2D eigenvalue weighted by molar-refractivity contribution is 7.17. The summed E-state index contributed by atoms with van der Waals surface area (Å²) >= 11 is 1.35. The number of hydrogen-bond donors (Lipinski definition) is 1. The molecule has 152 valence electrons. The van der Waals surface area contributed by atoms with E-state index >= 15 is 0 Å². The molecule has 0 saturated carbocycles. The summed E-state index contributed by atoms with van der Waals surface area (Å²) in [6.07, 6.45) is 0. The number of rotatable bonds is 5. The molecule has 1 amide bonds. The Morgan fingerprint density at radius 2 is 1.87 bits per heavy atom. The van der Waals surface area contributed by atoms with Gasteiger partial charge < -0.3 is 24.3 Å². The summed E-state index contributed by atoms with van der Waals surface area (Å²) in [4.78, 5) is 25.9. The molecule has 0 bridgehead atoms. The summed E-state index contributed by atoms with van der Waals surface area (Å²) in [6.45, 7) is 0.560. The van der Waals surface area contributed by atoms with Crippen molar-refractivity contribution in [2.24, 2.45) is 0 Å². The first kappa shape index (κ1) is 18.5. The highest BCUT2D eigenvalue weighted by Gasteiger charge is 2.23. The van der Waals surface area contributed by atoms with Gasteiger partial charge in [-0.25, -0.2) is 4.79 Å². The zero-order chi connectivity index (χ0) is 20.5. The first-order valence-corrected chi connectivity index (χ1v) is 10.2. The van der Waals surface area contributed by atoms with Crippen molar-refractivity contribution < 1.29 is 28.5 Å². The third-order valence-corrected chi connectivity index (χ3v) is 5.98. The summed E-state index contributed by atoms with van der Waals surface area (Å²) in [5.74, 6) is 1.24. The molecule has 2 aromatic carbocycles. The number of carbonyl (C=O) groups excluding carboxylic acids is 2. The Balaban J connectivity index is 1.17. The Bertz CT molecular complexity index is 1140. The molecule has 1 N–H and O–H groups in total. The van der Waals surface area contributed by atoms with Crippen LogP contribution in [0.15, 0.2) is 48.5 Å². The quantitative estimate of drug-likeness (QED) is 0.633. The van der Waals surface area contributed by atoms with Gasteiger partial charge in [0.15, 0.2) is 18.1 Å². The molecule has 1 aromatic heterocycles. The number of nitrogens with one attached hydrogen (secondary N) is 1. The van der Waals surface area contributed by atoms with Crippen molar-refractivity contribution in [3.8, 4) is 27.7 Å². The minimum absolute atomic E-state index is 0.199. The second-order valence-corrected chi connectivity index (χ2v) is 7.84. The van der Waals surface area contributed by atoms with Crippen LogP contribution in [0, 0.1) is 0 Å². The van der Waals surface area contributed by atoms with E-state index < -0.39 is 5.97 Å². The number of carbonyl (C=O) groups is 2. The van der Waals surface area contributed by atoms with Crippen LogP contribution in [0.3, 0.4) is 0 Å². The number of para-hydroxylation sites is 1. The Kier molecular flexibility index (Phi) is 4.76. The highest BCUT2D eigenvalue weighted by Crippen LogP contribution is 2.42. The fraction of sp³-hybridized carbons (Fsp3) is 0.182. The monoisotopic (exact) mass is 423 g/mol. The lowest BCUT2D eigenvalue weighted by molar-refractivity contribution is -0.124. The van der Waals surface area contributed by atoms with Crippen LogP contribution < -0.4 is 19.5 Å². The summed E-state index contributed by atoms with van der Waals surface area (Å²) < 4.78 is 21.5. The predicted molar refractivity (Wildman–Crippen MR) is 109 cm³/mol. The Morgan fingerprint density at radius 1 is 1.00 bits per heavy atom. The number of amides is 1. The van der Waals surface area contributed by atoms with Crippen molar-refractivity contribution >= 4 is 23.2 Å². The number of ether oxygens (including phenoxy) is 4.